The van der Waals surface area contributed by atoms with Crippen molar-refractivity contribution in [1.82, 2.24) is 20.1 Å². The third kappa shape index (κ3) is 7.83. The Morgan fingerprint density at radius 1 is 1.09 bits per heavy atom. The van der Waals surface area contributed by atoms with E-state index in [4.69, 9.17) is 12.2 Å². The number of amidine groups is 1. The Morgan fingerprint density at radius 3 is 2.55 bits per heavy atom. The van der Waals surface area contributed by atoms with Crippen molar-refractivity contribution in [2.75, 3.05) is 17.2 Å². The van der Waals surface area contributed by atoms with Crippen LogP contribution in [0.2, 0.25) is 0 Å². The van der Waals surface area contributed by atoms with Crippen LogP contribution in [0.15, 0.2) is 78.0 Å². The number of alkyl halides is 3. The van der Waals surface area contributed by atoms with E-state index < -0.39 is 6.36 Å². The van der Waals surface area contributed by atoms with Crippen LogP contribution in [0.25, 0.3) is 17.1 Å². The quantitative estimate of drug-likeness (QED) is 0.206. The summed E-state index contributed by atoms with van der Waals surface area (Å²) in [5.74, 6) is 0.486. The van der Waals surface area contributed by atoms with Crippen LogP contribution in [-0.4, -0.2) is 49.6 Å². The van der Waals surface area contributed by atoms with Crippen LogP contribution >= 0.6 is 24.0 Å². The van der Waals surface area contributed by atoms with Crippen LogP contribution in [0.4, 0.5) is 18.9 Å². The second kappa shape index (κ2) is 13.6. The van der Waals surface area contributed by atoms with Crippen molar-refractivity contribution < 1.29 is 22.7 Å². The molecule has 0 bridgehead atoms. The number of aryl methyl sites for hydroxylation is 2. The molecule has 0 unspecified atom stereocenters. The predicted octanol–water partition coefficient (Wildman–Crippen LogP) is 6.65. The highest BCUT2D eigenvalue weighted by atomic mass is 32.2. The summed E-state index contributed by atoms with van der Waals surface area (Å²) in [7, 11) is 0. The second-order valence-electron chi connectivity index (χ2n) is 10.0. The lowest BCUT2D eigenvalue weighted by Gasteiger charge is -2.20. The van der Waals surface area contributed by atoms with Crippen molar-refractivity contribution >= 4 is 45.9 Å². The van der Waals surface area contributed by atoms with E-state index >= 15 is 0 Å². The summed E-state index contributed by atoms with van der Waals surface area (Å²) >= 11 is 6.87. The summed E-state index contributed by atoms with van der Waals surface area (Å²) in [6.45, 7) is 4.68. The minimum atomic E-state index is -4.75. The fraction of sp³-hybridized carbons (Fsp3) is 0.258. The summed E-state index contributed by atoms with van der Waals surface area (Å²) in [6, 6.07) is 19.3. The summed E-state index contributed by atoms with van der Waals surface area (Å²) in [4.78, 5) is 23.4. The molecule has 4 aromatic rings. The van der Waals surface area contributed by atoms with Gasteiger partial charge in [0.25, 0.3) is 0 Å². The molecule has 1 aliphatic heterocycles. The number of thiocarbonyl (C=S) groups is 1. The molecule has 1 amide bonds. The molecule has 13 heteroatoms. The van der Waals surface area contributed by atoms with Crippen molar-refractivity contribution in [3.05, 3.63) is 89.7 Å². The number of anilines is 1. The predicted molar refractivity (Wildman–Crippen MR) is 170 cm³/mol. The van der Waals surface area contributed by atoms with Gasteiger partial charge in [-0.3, -0.25) is 9.69 Å². The van der Waals surface area contributed by atoms with E-state index in [0.29, 0.717) is 40.5 Å². The zero-order chi connectivity index (χ0) is 31.3. The Hall–Kier alpha value is -4.23. The molecular formula is C31H29F3N6O2S2. The highest BCUT2D eigenvalue weighted by Crippen LogP contribution is 2.31. The Kier molecular flexibility index (Phi) is 9.64. The maximum atomic E-state index is 12.8. The second-order valence-corrected chi connectivity index (χ2v) is 11.4. The summed E-state index contributed by atoms with van der Waals surface area (Å²) in [6.07, 6.45) is -0.720. The molecule has 1 fully saturated rings. The van der Waals surface area contributed by atoms with E-state index in [1.807, 2.05) is 37.3 Å². The number of thioether (sulfide) groups is 1. The molecular weight excluding hydrogens is 610 g/mol. The van der Waals surface area contributed by atoms with E-state index in [1.165, 1.54) is 47.0 Å². The third-order valence-corrected chi connectivity index (χ3v) is 7.85. The molecule has 8 nitrogen and oxygen atoms in total. The van der Waals surface area contributed by atoms with Gasteiger partial charge in [0, 0.05) is 12.1 Å². The number of rotatable bonds is 9. The Labute approximate surface area is 262 Å². The van der Waals surface area contributed by atoms with Gasteiger partial charge >= 0.3 is 6.36 Å². The van der Waals surface area contributed by atoms with Crippen LogP contribution in [-0.2, 0) is 17.6 Å². The number of amides is 1. The number of carbonyl (C=O) groups excluding carboxylic acids is 1. The molecule has 228 valence electrons. The number of aliphatic imine (C=N–C) groups is 1. The van der Waals surface area contributed by atoms with Gasteiger partial charge in [0.05, 0.1) is 17.1 Å². The minimum absolute atomic E-state index is 0.00708. The van der Waals surface area contributed by atoms with Gasteiger partial charge in [-0.2, -0.15) is 4.99 Å². The van der Waals surface area contributed by atoms with Crippen LogP contribution < -0.4 is 15.0 Å². The molecule has 0 radical (unpaired) electrons. The zero-order valence-electron chi connectivity index (χ0n) is 24.0. The Bertz CT molecular complexity index is 1670. The average molecular weight is 639 g/mol. The largest absolute Gasteiger partial charge is 0.573 e. The highest BCUT2D eigenvalue weighted by molar-refractivity contribution is 8.15. The molecule has 0 atom stereocenters. The van der Waals surface area contributed by atoms with Gasteiger partial charge in [-0.1, -0.05) is 61.5 Å². The maximum Gasteiger partial charge on any atom is 0.573 e. The number of nitrogens with zero attached hydrogens (tertiary/aromatic N) is 5. The van der Waals surface area contributed by atoms with E-state index in [-0.39, 0.29) is 11.7 Å². The first-order chi connectivity index (χ1) is 21.1. The SMILES string of the molecule is CCCc1ccc(C)cc1N1C(=O)CS/C1=N\C(=S)NCCc1ccc(-c2ncn(-c3ccc(OC(F)(F)F)cc3)n2)cc1. The zero-order valence-corrected chi connectivity index (χ0v) is 25.6. The molecule has 0 spiro atoms. The number of aromatic nitrogens is 3. The third-order valence-electron chi connectivity index (χ3n) is 6.69. The topological polar surface area (TPSA) is 84.6 Å². The summed E-state index contributed by atoms with van der Waals surface area (Å²) in [5.41, 5.74) is 5.46. The van der Waals surface area contributed by atoms with Crippen LogP contribution in [0.3, 0.4) is 0 Å². The lowest BCUT2D eigenvalue weighted by Crippen LogP contribution is -2.32. The number of halogens is 3. The van der Waals surface area contributed by atoms with Crippen LogP contribution in [0.1, 0.15) is 30.0 Å². The molecule has 44 heavy (non-hydrogen) atoms. The molecule has 3 aromatic carbocycles. The van der Waals surface area contributed by atoms with Gasteiger partial charge in [0.1, 0.15) is 12.1 Å². The fourth-order valence-electron chi connectivity index (χ4n) is 4.63. The number of nitrogens with one attached hydrogen (secondary N) is 1. The van der Waals surface area contributed by atoms with Crippen molar-refractivity contribution in [3.63, 3.8) is 0 Å². The first-order valence-corrected chi connectivity index (χ1v) is 15.3. The number of benzene rings is 3. The number of carbonyl (C=O) groups is 1. The van der Waals surface area contributed by atoms with Crippen LogP contribution in [0.5, 0.6) is 5.75 Å². The monoisotopic (exact) mass is 638 g/mol. The minimum Gasteiger partial charge on any atom is -0.406 e. The molecule has 1 aromatic heterocycles. The molecule has 0 aliphatic carbocycles. The highest BCUT2D eigenvalue weighted by Gasteiger charge is 2.32. The normalized spacial score (nSPS) is 14.3. The molecule has 2 heterocycles. The molecule has 1 aliphatic rings. The standard InChI is InChI=1S/C31H29F3N6O2S2/c1-3-4-22-8-5-20(2)17-26(22)40-27(41)18-44-30(40)37-29(43)35-16-15-21-6-9-23(10-7-21)28-36-19-39(38-28)24-11-13-25(14-12-24)42-31(32,33)34/h5-14,17,19H,3-4,15-16,18H2,1-2H3,(H,35,43)/b37-30-. The van der Waals surface area contributed by atoms with E-state index in [1.54, 1.807) is 4.90 Å². The summed E-state index contributed by atoms with van der Waals surface area (Å²) in [5, 5.41) is 8.52. The van der Waals surface area contributed by atoms with E-state index in [0.717, 1.165) is 40.8 Å². The Balaban J connectivity index is 1.17. The number of hydrogen-bond donors (Lipinski definition) is 1. The average Bonchev–Trinajstić information content (AvgIpc) is 3.61. The summed E-state index contributed by atoms with van der Waals surface area (Å²) < 4.78 is 42.6. The van der Waals surface area contributed by atoms with Gasteiger partial charge in [0.15, 0.2) is 16.1 Å². The maximum absolute atomic E-state index is 12.8. The molecule has 5 rings (SSSR count). The van der Waals surface area contributed by atoms with Crippen LogP contribution in [0, 0.1) is 6.92 Å². The van der Waals surface area contributed by atoms with E-state index in [2.05, 4.69) is 44.2 Å². The van der Waals surface area contributed by atoms with Gasteiger partial charge in [-0.15, -0.1) is 18.3 Å². The lowest BCUT2D eigenvalue weighted by molar-refractivity contribution is -0.274. The smallest absolute Gasteiger partial charge is 0.406 e. The van der Waals surface area contributed by atoms with Crippen molar-refractivity contribution in [2.45, 2.75) is 39.5 Å². The lowest BCUT2D eigenvalue weighted by atomic mass is 10.0. The van der Waals surface area contributed by atoms with Gasteiger partial charge in [-0.25, -0.2) is 9.67 Å². The van der Waals surface area contributed by atoms with Gasteiger partial charge in [0.2, 0.25) is 5.91 Å². The first kappa shape index (κ1) is 31.2. The van der Waals surface area contributed by atoms with E-state index in [9.17, 15) is 18.0 Å². The van der Waals surface area contributed by atoms with Crippen molar-refractivity contribution in [3.8, 4) is 22.8 Å². The molecule has 0 saturated carbocycles. The Morgan fingerprint density at radius 2 is 1.84 bits per heavy atom. The van der Waals surface area contributed by atoms with Crippen molar-refractivity contribution in [1.29, 1.82) is 0 Å². The fourth-order valence-corrected chi connectivity index (χ4v) is 5.74. The molecule has 1 N–H and O–H groups in total. The molecule has 1 saturated heterocycles. The van der Waals surface area contributed by atoms with Gasteiger partial charge in [-0.05, 0) is 79.0 Å². The van der Waals surface area contributed by atoms with Crippen molar-refractivity contribution in [2.24, 2.45) is 4.99 Å². The number of ether oxygens (including phenoxy) is 1. The van der Waals surface area contributed by atoms with Gasteiger partial charge < -0.3 is 10.1 Å². The number of hydrogen-bond acceptors (Lipinski definition) is 6. The first-order valence-electron chi connectivity index (χ1n) is 13.9.